The van der Waals surface area contributed by atoms with Crippen LogP contribution in [0.25, 0.3) is 11.0 Å². The number of para-hydroxylation sites is 1. The Morgan fingerprint density at radius 3 is 2.52 bits per heavy atom. The van der Waals surface area contributed by atoms with Crippen molar-refractivity contribution in [1.29, 1.82) is 0 Å². The summed E-state index contributed by atoms with van der Waals surface area (Å²) < 4.78 is 5.89. The molecule has 0 radical (unpaired) electrons. The van der Waals surface area contributed by atoms with Crippen molar-refractivity contribution >= 4 is 22.8 Å². The third-order valence-corrected chi connectivity index (χ3v) is 6.05. The van der Waals surface area contributed by atoms with Gasteiger partial charge in [-0.3, -0.25) is 14.7 Å². The van der Waals surface area contributed by atoms with Crippen LogP contribution in [0.15, 0.2) is 39.7 Å². The molecule has 7 nitrogen and oxygen atoms in total. The van der Waals surface area contributed by atoms with Crippen molar-refractivity contribution < 1.29 is 9.21 Å². The van der Waals surface area contributed by atoms with Crippen molar-refractivity contribution in [3.63, 3.8) is 0 Å². The summed E-state index contributed by atoms with van der Waals surface area (Å²) in [5.74, 6) is 2.06. The first-order valence-corrected chi connectivity index (χ1v) is 10.6. The number of aliphatic imine (C=N–C) groups is 1. The molecular weight excluding hydrogens is 366 g/mol. The van der Waals surface area contributed by atoms with Crippen molar-refractivity contribution in [2.75, 3.05) is 46.3 Å². The van der Waals surface area contributed by atoms with Crippen molar-refractivity contribution in [2.24, 2.45) is 4.99 Å². The van der Waals surface area contributed by atoms with Crippen molar-refractivity contribution in [3.05, 3.63) is 36.1 Å². The highest BCUT2D eigenvalue weighted by molar-refractivity contribution is 5.82. The molecule has 1 atom stereocenters. The van der Waals surface area contributed by atoms with Gasteiger partial charge in [0.1, 0.15) is 11.3 Å². The number of benzene rings is 1. The molecule has 29 heavy (non-hydrogen) atoms. The Bertz CT molecular complexity index is 830. The number of piperazine rings is 1. The van der Waals surface area contributed by atoms with Gasteiger partial charge in [-0.25, -0.2) is 0 Å². The summed E-state index contributed by atoms with van der Waals surface area (Å²) in [7, 11) is 1.81. The topological polar surface area (TPSA) is 64.3 Å². The number of amides is 1. The van der Waals surface area contributed by atoms with Crippen molar-refractivity contribution in [3.8, 4) is 0 Å². The number of nitrogens with one attached hydrogen (secondary N) is 1. The van der Waals surface area contributed by atoms with Gasteiger partial charge in [0, 0.05) is 51.7 Å². The lowest BCUT2D eigenvalue weighted by Gasteiger charge is -2.39. The lowest BCUT2D eigenvalue weighted by Crippen LogP contribution is -2.57. The van der Waals surface area contributed by atoms with E-state index in [0.29, 0.717) is 6.54 Å². The fraction of sp³-hybridized carbons (Fsp3) is 0.545. The zero-order chi connectivity index (χ0) is 20.2. The SMILES string of the molecule is CN=C(NCc1cc2ccccc2o1)N1CCN(C(C)C(=O)N2CCCC2)CC1. The summed E-state index contributed by atoms with van der Waals surface area (Å²) in [5, 5.41) is 4.53. The maximum atomic E-state index is 12.7. The molecular formula is C22H31N5O2. The number of likely N-dealkylation sites (tertiary alicyclic amines) is 1. The first-order chi connectivity index (χ1) is 14.2. The van der Waals surface area contributed by atoms with Crippen LogP contribution in [0, 0.1) is 0 Å². The molecule has 2 aromatic rings. The molecule has 0 spiro atoms. The fourth-order valence-corrected chi connectivity index (χ4v) is 4.30. The van der Waals surface area contributed by atoms with Crippen molar-refractivity contribution in [2.45, 2.75) is 32.4 Å². The van der Waals surface area contributed by atoms with Gasteiger partial charge >= 0.3 is 0 Å². The minimum Gasteiger partial charge on any atom is -0.459 e. The molecule has 1 aromatic heterocycles. The second kappa shape index (κ2) is 8.86. The van der Waals surface area contributed by atoms with Gasteiger partial charge < -0.3 is 19.5 Å². The second-order valence-corrected chi connectivity index (χ2v) is 7.88. The van der Waals surface area contributed by atoms with Gasteiger partial charge in [0.2, 0.25) is 5.91 Å². The molecule has 1 unspecified atom stereocenters. The molecule has 0 saturated carbocycles. The number of hydrogen-bond donors (Lipinski definition) is 1. The van der Waals surface area contributed by atoms with Crippen LogP contribution in [0.2, 0.25) is 0 Å². The van der Waals surface area contributed by atoms with E-state index in [1.165, 1.54) is 0 Å². The summed E-state index contributed by atoms with van der Waals surface area (Å²) in [5.41, 5.74) is 0.907. The van der Waals surface area contributed by atoms with Crippen LogP contribution in [0.4, 0.5) is 0 Å². The zero-order valence-electron chi connectivity index (χ0n) is 17.4. The van der Waals surface area contributed by atoms with Crippen molar-refractivity contribution in [1.82, 2.24) is 20.0 Å². The maximum Gasteiger partial charge on any atom is 0.239 e. The van der Waals surface area contributed by atoms with E-state index in [9.17, 15) is 4.79 Å². The van der Waals surface area contributed by atoms with Gasteiger partial charge in [-0.15, -0.1) is 0 Å². The highest BCUT2D eigenvalue weighted by atomic mass is 16.3. The summed E-state index contributed by atoms with van der Waals surface area (Å²) >= 11 is 0. The largest absolute Gasteiger partial charge is 0.459 e. The molecule has 2 fully saturated rings. The van der Waals surface area contributed by atoms with Gasteiger partial charge in [-0.05, 0) is 31.9 Å². The third kappa shape index (κ3) is 4.40. The Balaban J connectivity index is 1.29. The molecule has 2 saturated heterocycles. The summed E-state index contributed by atoms with van der Waals surface area (Å²) in [6.07, 6.45) is 2.28. The summed E-state index contributed by atoms with van der Waals surface area (Å²) in [4.78, 5) is 23.7. The average Bonchev–Trinajstić information content (AvgIpc) is 3.43. The van der Waals surface area contributed by atoms with Crippen LogP contribution in [0.5, 0.6) is 0 Å². The molecule has 4 rings (SSSR count). The first-order valence-electron chi connectivity index (χ1n) is 10.6. The molecule has 2 aliphatic heterocycles. The number of carbonyl (C=O) groups excluding carboxylic acids is 1. The first kappa shape index (κ1) is 19.8. The van der Waals surface area contributed by atoms with E-state index < -0.39 is 0 Å². The van der Waals surface area contributed by atoms with E-state index in [0.717, 1.165) is 74.8 Å². The Labute approximate surface area is 172 Å². The predicted octanol–water partition coefficient (Wildman–Crippen LogP) is 2.14. The number of rotatable bonds is 4. The van der Waals surface area contributed by atoms with E-state index in [-0.39, 0.29) is 11.9 Å². The van der Waals surface area contributed by atoms with E-state index in [2.05, 4.69) is 32.2 Å². The number of furan rings is 1. The van der Waals surface area contributed by atoms with Gasteiger partial charge in [0.25, 0.3) is 0 Å². The average molecular weight is 398 g/mol. The Kier molecular flexibility index (Phi) is 6.04. The van der Waals surface area contributed by atoms with Gasteiger partial charge in [-0.2, -0.15) is 0 Å². The smallest absolute Gasteiger partial charge is 0.239 e. The molecule has 0 bridgehead atoms. The zero-order valence-corrected chi connectivity index (χ0v) is 17.4. The number of guanidine groups is 1. The number of fused-ring (bicyclic) bond motifs is 1. The van der Waals surface area contributed by atoms with Gasteiger partial charge in [0.15, 0.2) is 5.96 Å². The molecule has 1 N–H and O–H groups in total. The normalized spacial score (nSPS) is 19.7. The van der Waals surface area contributed by atoms with Gasteiger partial charge in [-0.1, -0.05) is 18.2 Å². The fourth-order valence-electron chi connectivity index (χ4n) is 4.30. The molecule has 7 heteroatoms. The van der Waals surface area contributed by atoms with E-state index >= 15 is 0 Å². The molecule has 3 heterocycles. The number of carbonyl (C=O) groups is 1. The predicted molar refractivity (Wildman–Crippen MR) is 115 cm³/mol. The van der Waals surface area contributed by atoms with Crippen LogP contribution in [0.1, 0.15) is 25.5 Å². The quantitative estimate of drug-likeness (QED) is 0.633. The van der Waals surface area contributed by atoms with Crippen LogP contribution in [0.3, 0.4) is 0 Å². The number of nitrogens with zero attached hydrogens (tertiary/aromatic N) is 4. The Hall–Kier alpha value is -2.54. The molecule has 2 aliphatic rings. The second-order valence-electron chi connectivity index (χ2n) is 7.88. The van der Waals surface area contributed by atoms with Crippen LogP contribution in [-0.4, -0.2) is 78.9 Å². The highest BCUT2D eigenvalue weighted by Crippen LogP contribution is 2.19. The Morgan fingerprint density at radius 1 is 1.10 bits per heavy atom. The minimum atomic E-state index is -0.0410. The molecule has 1 amide bonds. The number of hydrogen-bond acceptors (Lipinski definition) is 4. The van der Waals surface area contributed by atoms with Gasteiger partial charge in [0.05, 0.1) is 12.6 Å². The minimum absolute atomic E-state index is 0.0410. The van der Waals surface area contributed by atoms with E-state index in [1.54, 1.807) is 0 Å². The van der Waals surface area contributed by atoms with Crippen LogP contribution >= 0.6 is 0 Å². The monoisotopic (exact) mass is 397 g/mol. The maximum absolute atomic E-state index is 12.7. The van der Waals surface area contributed by atoms with Crippen LogP contribution in [-0.2, 0) is 11.3 Å². The van der Waals surface area contributed by atoms with E-state index in [4.69, 9.17) is 4.42 Å². The van der Waals surface area contributed by atoms with Crippen LogP contribution < -0.4 is 5.32 Å². The highest BCUT2D eigenvalue weighted by Gasteiger charge is 2.30. The molecule has 156 valence electrons. The summed E-state index contributed by atoms with van der Waals surface area (Å²) in [6, 6.07) is 10.1. The molecule has 1 aromatic carbocycles. The third-order valence-electron chi connectivity index (χ3n) is 6.05. The lowest BCUT2D eigenvalue weighted by atomic mass is 10.2. The standard InChI is InChI=1S/C22H31N5O2/c1-17(21(28)26-9-5-6-10-26)25-11-13-27(14-12-25)22(23-2)24-16-19-15-18-7-3-4-8-20(18)29-19/h3-4,7-8,15,17H,5-6,9-14,16H2,1-2H3,(H,23,24). The molecule has 0 aliphatic carbocycles. The summed E-state index contributed by atoms with van der Waals surface area (Å²) in [6.45, 7) is 7.94. The lowest BCUT2D eigenvalue weighted by molar-refractivity contribution is -0.135. The Morgan fingerprint density at radius 2 is 1.83 bits per heavy atom. The van der Waals surface area contributed by atoms with E-state index in [1.807, 2.05) is 37.1 Å².